The zero-order valence-corrected chi connectivity index (χ0v) is 21.4. The molecule has 3 rings (SSSR count). The third kappa shape index (κ3) is 5.99. The summed E-state index contributed by atoms with van der Waals surface area (Å²) in [7, 11) is -2.82. The number of rotatable bonds is 10. The van der Waals surface area contributed by atoms with Crippen LogP contribution in [0.3, 0.4) is 0 Å². The Bertz CT molecular complexity index is 1010. The summed E-state index contributed by atoms with van der Waals surface area (Å²) in [5.41, 5.74) is -0.213. The molecular weight excluding hydrogens is 457 g/mol. The molecule has 0 saturated heterocycles. The van der Waals surface area contributed by atoms with Crippen LogP contribution >= 0.6 is 0 Å². The van der Waals surface area contributed by atoms with Crippen LogP contribution < -0.4 is 5.19 Å². The Morgan fingerprint density at radius 1 is 1.00 bits per heavy atom. The first-order valence-corrected chi connectivity index (χ1v) is 14.6. The minimum absolute atomic E-state index is 0.00936. The second kappa shape index (κ2) is 10.1. The Morgan fingerprint density at radius 3 is 2.18 bits per heavy atom. The van der Waals surface area contributed by atoms with Gasteiger partial charge in [0.1, 0.15) is 0 Å². The molecule has 2 aromatic carbocycles. The van der Waals surface area contributed by atoms with Gasteiger partial charge >= 0.3 is 12.1 Å². The van der Waals surface area contributed by atoms with E-state index in [-0.39, 0.29) is 18.6 Å². The minimum Gasteiger partial charge on any atom is -0.465 e. The molecule has 0 aliphatic heterocycles. The number of ether oxygens (including phenoxy) is 1. The van der Waals surface area contributed by atoms with Crippen molar-refractivity contribution >= 4 is 19.5 Å². The molecule has 1 aliphatic rings. The second-order valence-corrected chi connectivity index (χ2v) is 13.7. The summed E-state index contributed by atoms with van der Waals surface area (Å²) in [6.07, 6.45) is -2.49. The average Bonchev–Trinajstić information content (AvgIpc) is 3.47. The number of alkyl halides is 3. The maximum absolute atomic E-state index is 14.0. The van der Waals surface area contributed by atoms with E-state index < -0.39 is 32.0 Å². The largest absolute Gasteiger partial charge is 0.465 e. The lowest BCUT2D eigenvalue weighted by Crippen LogP contribution is -2.53. The molecule has 0 bridgehead atoms. The SMILES string of the molecule is CC(C)Cc1ccc([C@@H](C)C(=O)OCCC2=CC2(O[Si](C)(C)c2ccccc2)C(F)(F)F)cc1. The first-order valence-electron chi connectivity index (χ1n) is 11.7. The highest BCUT2D eigenvalue weighted by atomic mass is 28.4. The van der Waals surface area contributed by atoms with Crippen molar-refractivity contribution in [2.45, 2.75) is 64.4 Å². The summed E-state index contributed by atoms with van der Waals surface area (Å²) in [4.78, 5) is 12.5. The molecule has 0 amide bonds. The summed E-state index contributed by atoms with van der Waals surface area (Å²) in [5.74, 6) is -0.400. The van der Waals surface area contributed by atoms with Crippen LogP contribution in [0.5, 0.6) is 0 Å². The molecule has 0 fully saturated rings. The van der Waals surface area contributed by atoms with Gasteiger partial charge in [-0.2, -0.15) is 13.2 Å². The molecule has 184 valence electrons. The number of halogens is 3. The molecule has 0 radical (unpaired) electrons. The fraction of sp³-hybridized carbons (Fsp3) is 0.444. The van der Waals surface area contributed by atoms with Gasteiger partial charge in [-0.1, -0.05) is 68.4 Å². The Morgan fingerprint density at radius 2 is 1.62 bits per heavy atom. The van der Waals surface area contributed by atoms with E-state index in [0.717, 1.165) is 23.2 Å². The topological polar surface area (TPSA) is 35.5 Å². The zero-order chi connectivity index (χ0) is 25.1. The number of benzene rings is 2. The summed E-state index contributed by atoms with van der Waals surface area (Å²) in [5, 5.41) is 0.790. The second-order valence-electron chi connectivity index (χ2n) is 9.86. The Labute approximate surface area is 201 Å². The third-order valence-corrected chi connectivity index (χ3v) is 8.73. The van der Waals surface area contributed by atoms with E-state index in [1.807, 2.05) is 30.3 Å². The van der Waals surface area contributed by atoms with E-state index in [1.54, 1.807) is 44.3 Å². The van der Waals surface area contributed by atoms with Crippen LogP contribution in [0.4, 0.5) is 13.2 Å². The zero-order valence-electron chi connectivity index (χ0n) is 20.4. The van der Waals surface area contributed by atoms with Crippen LogP contribution in [-0.2, 0) is 20.4 Å². The fourth-order valence-corrected chi connectivity index (χ4v) is 6.35. The van der Waals surface area contributed by atoms with Gasteiger partial charge in [0.05, 0.1) is 12.5 Å². The summed E-state index contributed by atoms with van der Waals surface area (Å²) < 4.78 is 53.1. The van der Waals surface area contributed by atoms with Gasteiger partial charge in [0.2, 0.25) is 8.32 Å². The number of esters is 1. The van der Waals surface area contributed by atoms with Gasteiger partial charge in [-0.15, -0.1) is 0 Å². The standard InChI is InChI=1S/C27H33F3O3Si/c1-19(2)17-21-11-13-22(14-12-21)20(3)25(31)32-16-15-23-18-26(23,27(28,29)30)33-34(4,5)24-9-7-6-8-10-24/h6-14,18-20H,15-17H2,1-5H3/t20-,26?/m1/s1. The number of carbonyl (C=O) groups excluding carboxylic acids is 1. The molecule has 1 aliphatic carbocycles. The highest BCUT2D eigenvalue weighted by Gasteiger charge is 2.66. The van der Waals surface area contributed by atoms with Crippen LogP contribution in [0, 0.1) is 5.92 Å². The van der Waals surface area contributed by atoms with E-state index in [4.69, 9.17) is 9.16 Å². The van der Waals surface area contributed by atoms with Crippen LogP contribution in [0.15, 0.2) is 66.2 Å². The van der Waals surface area contributed by atoms with Crippen LogP contribution in [0.25, 0.3) is 0 Å². The monoisotopic (exact) mass is 490 g/mol. The van der Waals surface area contributed by atoms with Gasteiger partial charge in [-0.3, -0.25) is 4.79 Å². The normalized spacial score (nSPS) is 19.0. The molecule has 34 heavy (non-hydrogen) atoms. The van der Waals surface area contributed by atoms with Crippen molar-refractivity contribution in [1.29, 1.82) is 0 Å². The molecular formula is C27H33F3O3Si. The molecule has 2 aromatic rings. The first kappa shape index (κ1) is 26.2. The molecule has 1 unspecified atom stereocenters. The Balaban J connectivity index is 1.56. The molecule has 2 atom stereocenters. The lowest BCUT2D eigenvalue weighted by Gasteiger charge is -2.33. The average molecular weight is 491 g/mol. The minimum atomic E-state index is -4.56. The van der Waals surface area contributed by atoms with Crippen LogP contribution in [0.1, 0.15) is 44.2 Å². The van der Waals surface area contributed by atoms with E-state index in [1.165, 1.54) is 5.56 Å². The predicted molar refractivity (Wildman–Crippen MR) is 130 cm³/mol. The smallest absolute Gasteiger partial charge is 0.424 e. The van der Waals surface area contributed by atoms with Crippen LogP contribution in [0.2, 0.25) is 13.1 Å². The quantitative estimate of drug-likeness (QED) is 0.223. The van der Waals surface area contributed by atoms with Gasteiger partial charge in [0, 0.05) is 6.42 Å². The molecule has 0 N–H and O–H groups in total. The van der Waals surface area contributed by atoms with Crippen molar-refractivity contribution in [3.8, 4) is 0 Å². The highest BCUT2D eigenvalue weighted by molar-refractivity contribution is 6.84. The fourth-order valence-electron chi connectivity index (χ4n) is 4.12. The summed E-state index contributed by atoms with van der Waals surface area (Å²) in [6, 6.07) is 16.8. The molecule has 7 heteroatoms. The van der Waals surface area contributed by atoms with E-state index in [2.05, 4.69) is 13.8 Å². The lowest BCUT2D eigenvalue weighted by molar-refractivity contribution is -0.203. The van der Waals surface area contributed by atoms with E-state index in [0.29, 0.717) is 5.92 Å². The molecule has 0 saturated carbocycles. The summed E-state index contributed by atoms with van der Waals surface area (Å²) in [6.45, 7) is 9.43. The van der Waals surface area contributed by atoms with E-state index in [9.17, 15) is 18.0 Å². The maximum Gasteiger partial charge on any atom is 0.424 e. The van der Waals surface area contributed by atoms with Gasteiger partial charge in [0.15, 0.2) is 5.60 Å². The van der Waals surface area contributed by atoms with Crippen LogP contribution in [-0.4, -0.2) is 32.7 Å². The van der Waals surface area contributed by atoms with Gasteiger partial charge in [-0.05, 0) is 60.3 Å². The number of hydrogen-bond acceptors (Lipinski definition) is 3. The van der Waals surface area contributed by atoms with Crippen molar-refractivity contribution in [2.24, 2.45) is 5.92 Å². The van der Waals surface area contributed by atoms with Gasteiger partial charge < -0.3 is 9.16 Å². The molecule has 0 aromatic heterocycles. The van der Waals surface area contributed by atoms with Crippen molar-refractivity contribution in [3.63, 3.8) is 0 Å². The molecule has 0 heterocycles. The van der Waals surface area contributed by atoms with Crippen molar-refractivity contribution in [3.05, 3.63) is 77.4 Å². The Hall–Kier alpha value is -2.38. The lowest BCUT2D eigenvalue weighted by atomic mass is 9.97. The van der Waals surface area contributed by atoms with Gasteiger partial charge in [-0.25, -0.2) is 0 Å². The maximum atomic E-state index is 14.0. The molecule has 3 nitrogen and oxygen atoms in total. The first-order chi connectivity index (χ1) is 15.9. The third-order valence-electron chi connectivity index (χ3n) is 6.17. The predicted octanol–water partition coefficient (Wildman–Crippen LogP) is 6.29. The number of hydrogen-bond donors (Lipinski definition) is 0. The van der Waals surface area contributed by atoms with Crippen molar-refractivity contribution < 1.29 is 27.1 Å². The van der Waals surface area contributed by atoms with Crippen molar-refractivity contribution in [1.82, 2.24) is 0 Å². The highest BCUT2D eigenvalue weighted by Crippen LogP contribution is 2.53. The Kier molecular flexibility index (Phi) is 7.78. The molecule has 0 spiro atoms. The summed E-state index contributed by atoms with van der Waals surface area (Å²) >= 11 is 0. The van der Waals surface area contributed by atoms with Gasteiger partial charge in [0.25, 0.3) is 0 Å². The number of carbonyl (C=O) groups is 1. The van der Waals surface area contributed by atoms with E-state index >= 15 is 0 Å². The van der Waals surface area contributed by atoms with Crippen molar-refractivity contribution in [2.75, 3.05) is 6.61 Å².